The van der Waals surface area contributed by atoms with Gasteiger partial charge >= 0.3 is 0 Å². The molecule has 5 aliphatic heterocycles. The second-order valence-electron chi connectivity index (χ2n) is 10.0. The molecule has 8 atom stereocenters. The Morgan fingerprint density at radius 1 is 1.07 bits per heavy atom. The maximum absolute atomic E-state index is 6.38. The molecule has 2 bridgehead atoms. The van der Waals surface area contributed by atoms with Gasteiger partial charge in [-0.25, -0.2) is 9.78 Å². The van der Waals surface area contributed by atoms with Crippen LogP contribution in [0.4, 0.5) is 0 Å². The SMILES string of the molecule is C[C@@H]1CCC2[C@@H](C)[C@@H](OCCNCCN3CCOCC3)O[C@@H]3OC4(C)CC1[C@@]23OO4. The molecule has 6 rings (SSSR count). The van der Waals surface area contributed by atoms with Crippen molar-refractivity contribution in [2.24, 2.45) is 23.7 Å². The molecule has 0 amide bonds. The Hall–Kier alpha value is -0.320. The smallest absolute Gasteiger partial charge is 0.202 e. The predicted molar refractivity (Wildman–Crippen MR) is 108 cm³/mol. The Morgan fingerprint density at radius 2 is 1.90 bits per heavy atom. The number of ether oxygens (including phenoxy) is 4. The molecule has 0 radical (unpaired) electrons. The first-order valence-electron chi connectivity index (χ1n) is 11.8. The van der Waals surface area contributed by atoms with Crippen molar-refractivity contribution in [1.82, 2.24) is 10.2 Å². The van der Waals surface area contributed by atoms with Crippen LogP contribution in [0.1, 0.15) is 40.0 Å². The van der Waals surface area contributed by atoms with E-state index in [0.29, 0.717) is 24.4 Å². The number of nitrogens with one attached hydrogen (secondary N) is 1. The molecule has 5 heterocycles. The average molecular weight is 427 g/mol. The van der Waals surface area contributed by atoms with Crippen LogP contribution in [0.3, 0.4) is 0 Å². The molecule has 1 spiro atoms. The maximum atomic E-state index is 6.38. The van der Waals surface area contributed by atoms with Crippen molar-refractivity contribution >= 4 is 0 Å². The molecule has 0 aromatic rings. The third-order valence-electron chi connectivity index (χ3n) is 8.05. The molecule has 8 nitrogen and oxygen atoms in total. The lowest BCUT2D eigenvalue weighted by Gasteiger charge is -2.66. The topological polar surface area (TPSA) is 70.7 Å². The van der Waals surface area contributed by atoms with E-state index in [9.17, 15) is 0 Å². The number of hydrogen-bond acceptors (Lipinski definition) is 8. The maximum Gasteiger partial charge on any atom is 0.202 e. The third kappa shape index (κ3) is 3.73. The van der Waals surface area contributed by atoms with E-state index in [-0.39, 0.29) is 12.2 Å². The molecule has 3 unspecified atom stereocenters. The van der Waals surface area contributed by atoms with Crippen molar-refractivity contribution in [2.75, 3.05) is 52.5 Å². The van der Waals surface area contributed by atoms with Gasteiger partial charge in [-0.15, -0.1) is 0 Å². The van der Waals surface area contributed by atoms with E-state index < -0.39 is 17.7 Å². The molecule has 6 aliphatic rings. The standard InChI is InChI=1S/C22H38N2O6/c1-15-4-5-17-16(2)19(26-11-7-23-6-8-24-9-12-25-13-10-24)27-20-22(17)18(15)14-21(3,28-20)29-30-22/h15-20,23H,4-14H2,1-3H3/t15-,16-,17?,18?,19+,20-,21?,22+/m1/s1. The van der Waals surface area contributed by atoms with Gasteiger partial charge in [0.15, 0.2) is 18.2 Å². The molecule has 1 N–H and O–H groups in total. The summed E-state index contributed by atoms with van der Waals surface area (Å²) in [4.78, 5) is 14.2. The fourth-order valence-electron chi connectivity index (χ4n) is 6.31. The lowest BCUT2D eigenvalue weighted by Crippen LogP contribution is -2.76. The van der Waals surface area contributed by atoms with Crippen LogP contribution in [0, 0.1) is 23.7 Å². The minimum Gasteiger partial charge on any atom is -0.379 e. The highest BCUT2D eigenvalue weighted by molar-refractivity contribution is 5.10. The first kappa shape index (κ1) is 21.5. The number of fused-ring (bicyclic) bond motifs is 1. The van der Waals surface area contributed by atoms with E-state index in [1.807, 2.05) is 6.92 Å². The van der Waals surface area contributed by atoms with E-state index in [1.54, 1.807) is 0 Å². The van der Waals surface area contributed by atoms with E-state index in [0.717, 1.165) is 58.8 Å². The zero-order valence-electron chi connectivity index (χ0n) is 18.6. The second-order valence-corrected chi connectivity index (χ2v) is 10.0. The van der Waals surface area contributed by atoms with Gasteiger partial charge in [0.05, 0.1) is 19.8 Å². The Morgan fingerprint density at radius 3 is 2.73 bits per heavy atom. The second kappa shape index (κ2) is 8.56. The van der Waals surface area contributed by atoms with Gasteiger partial charge in [0, 0.05) is 56.9 Å². The molecule has 6 fully saturated rings. The first-order valence-corrected chi connectivity index (χ1v) is 11.8. The summed E-state index contributed by atoms with van der Waals surface area (Å²) < 4.78 is 24.2. The highest BCUT2D eigenvalue weighted by Crippen LogP contribution is 2.62. The number of rotatable bonds is 7. The summed E-state index contributed by atoms with van der Waals surface area (Å²) in [6, 6.07) is 0. The van der Waals surface area contributed by atoms with E-state index in [4.69, 9.17) is 28.7 Å². The number of morpholine rings is 1. The molecule has 5 saturated heterocycles. The summed E-state index contributed by atoms with van der Waals surface area (Å²) in [6.07, 6.45) is 2.49. The van der Waals surface area contributed by atoms with Crippen LogP contribution >= 0.6 is 0 Å². The van der Waals surface area contributed by atoms with Gasteiger partial charge in [0.1, 0.15) is 0 Å². The lowest BCUT2D eigenvalue weighted by atomic mass is 9.56. The van der Waals surface area contributed by atoms with Gasteiger partial charge in [0.2, 0.25) is 5.79 Å². The zero-order chi connectivity index (χ0) is 20.8. The molecule has 30 heavy (non-hydrogen) atoms. The third-order valence-corrected chi connectivity index (χ3v) is 8.05. The van der Waals surface area contributed by atoms with Gasteiger partial charge in [0.25, 0.3) is 0 Å². The Balaban J connectivity index is 1.14. The molecular formula is C22H38N2O6. The summed E-state index contributed by atoms with van der Waals surface area (Å²) in [5, 5.41) is 3.49. The van der Waals surface area contributed by atoms with Crippen LogP contribution in [0.2, 0.25) is 0 Å². The van der Waals surface area contributed by atoms with Crippen molar-refractivity contribution in [3.63, 3.8) is 0 Å². The Kier molecular flexibility index (Phi) is 6.14. The molecule has 0 aromatic heterocycles. The van der Waals surface area contributed by atoms with Gasteiger partial charge in [-0.05, 0) is 25.7 Å². The summed E-state index contributed by atoms with van der Waals surface area (Å²) in [5.41, 5.74) is -0.495. The molecule has 1 saturated carbocycles. The molecule has 0 aromatic carbocycles. The molecule has 1 aliphatic carbocycles. The zero-order valence-corrected chi connectivity index (χ0v) is 18.6. The molecular weight excluding hydrogens is 388 g/mol. The van der Waals surface area contributed by atoms with Crippen LogP contribution in [-0.2, 0) is 28.7 Å². The Bertz CT molecular complexity index is 604. The Labute approximate surface area is 179 Å². The summed E-state index contributed by atoms with van der Waals surface area (Å²) in [5.74, 6) is 0.819. The fraction of sp³-hybridized carbons (Fsp3) is 1.00. The van der Waals surface area contributed by atoms with E-state index in [2.05, 4.69) is 24.1 Å². The number of nitrogens with zero attached hydrogens (tertiary/aromatic N) is 1. The first-order chi connectivity index (χ1) is 14.5. The highest BCUT2D eigenvalue weighted by atomic mass is 17.3. The fourth-order valence-corrected chi connectivity index (χ4v) is 6.31. The van der Waals surface area contributed by atoms with Crippen LogP contribution in [0.25, 0.3) is 0 Å². The van der Waals surface area contributed by atoms with Crippen molar-refractivity contribution in [2.45, 2.75) is 64.0 Å². The van der Waals surface area contributed by atoms with E-state index >= 15 is 0 Å². The highest BCUT2D eigenvalue weighted by Gasteiger charge is 2.72. The van der Waals surface area contributed by atoms with Crippen molar-refractivity contribution in [3.8, 4) is 0 Å². The van der Waals surface area contributed by atoms with Crippen LogP contribution in [0.15, 0.2) is 0 Å². The normalized spacial score (nSPS) is 48.5. The van der Waals surface area contributed by atoms with Gasteiger partial charge < -0.3 is 24.3 Å². The van der Waals surface area contributed by atoms with Gasteiger partial charge in [-0.1, -0.05) is 13.8 Å². The van der Waals surface area contributed by atoms with Crippen LogP contribution < -0.4 is 5.32 Å². The van der Waals surface area contributed by atoms with Crippen molar-refractivity contribution in [3.05, 3.63) is 0 Å². The molecule has 172 valence electrons. The van der Waals surface area contributed by atoms with Crippen LogP contribution in [-0.4, -0.2) is 81.4 Å². The predicted octanol–water partition coefficient (Wildman–Crippen LogP) is 1.74. The average Bonchev–Trinajstić information content (AvgIpc) is 2.75. The van der Waals surface area contributed by atoms with E-state index in [1.165, 1.54) is 6.42 Å². The lowest BCUT2D eigenvalue weighted by molar-refractivity contribution is -0.615. The molecule has 8 heteroatoms. The monoisotopic (exact) mass is 426 g/mol. The largest absolute Gasteiger partial charge is 0.379 e. The van der Waals surface area contributed by atoms with Gasteiger partial charge in [-0.3, -0.25) is 4.90 Å². The minimum absolute atomic E-state index is 0.235. The number of hydrogen-bond donors (Lipinski definition) is 1. The summed E-state index contributed by atoms with van der Waals surface area (Å²) in [6.45, 7) is 13.7. The van der Waals surface area contributed by atoms with Crippen molar-refractivity contribution < 1.29 is 28.7 Å². The van der Waals surface area contributed by atoms with Crippen molar-refractivity contribution in [1.29, 1.82) is 0 Å². The summed E-state index contributed by atoms with van der Waals surface area (Å²) in [7, 11) is 0. The quantitative estimate of drug-likeness (QED) is 0.488. The summed E-state index contributed by atoms with van der Waals surface area (Å²) >= 11 is 0. The van der Waals surface area contributed by atoms with Crippen LogP contribution in [0.5, 0.6) is 0 Å². The minimum atomic E-state index is -0.723. The van der Waals surface area contributed by atoms with Gasteiger partial charge in [-0.2, -0.15) is 0 Å².